The van der Waals surface area contributed by atoms with Gasteiger partial charge in [0.1, 0.15) is 0 Å². The van der Waals surface area contributed by atoms with Crippen LogP contribution in [0.2, 0.25) is 0 Å². The molecule has 0 aliphatic carbocycles. The number of fused-ring (bicyclic) bond motifs is 1. The van der Waals surface area contributed by atoms with Gasteiger partial charge in [-0.05, 0) is 62.7 Å². The van der Waals surface area contributed by atoms with Gasteiger partial charge in [-0.25, -0.2) is 0 Å². The molecule has 1 saturated heterocycles. The third kappa shape index (κ3) is 2.18. The lowest BCUT2D eigenvalue weighted by molar-refractivity contribution is 0.332. The van der Waals surface area contributed by atoms with Crippen LogP contribution in [0.25, 0.3) is 10.9 Å². The van der Waals surface area contributed by atoms with E-state index in [0.29, 0.717) is 0 Å². The maximum atomic E-state index is 5.90. The smallest absolute Gasteiger partial charge is 0.0709 e. The molecule has 18 heavy (non-hydrogen) atoms. The summed E-state index contributed by atoms with van der Waals surface area (Å²) >= 11 is 0. The van der Waals surface area contributed by atoms with Crippen molar-refractivity contribution in [2.45, 2.75) is 26.3 Å². The zero-order valence-electron chi connectivity index (χ0n) is 10.8. The molecule has 94 valence electrons. The number of nitrogen functional groups attached to an aromatic ring is 1. The topological polar surface area (TPSA) is 42.1 Å². The van der Waals surface area contributed by atoms with E-state index in [-0.39, 0.29) is 0 Å². The minimum Gasteiger partial charge on any atom is -0.399 e. The molecule has 2 N–H and O–H groups in total. The van der Waals surface area contributed by atoms with Crippen molar-refractivity contribution in [1.82, 2.24) is 9.88 Å². The molecule has 0 spiro atoms. The van der Waals surface area contributed by atoms with Crippen LogP contribution in [-0.2, 0) is 6.54 Å². The molecule has 0 radical (unpaired) electrons. The Morgan fingerprint density at radius 3 is 2.78 bits per heavy atom. The largest absolute Gasteiger partial charge is 0.399 e. The van der Waals surface area contributed by atoms with Crippen molar-refractivity contribution < 1.29 is 0 Å². The molecule has 3 nitrogen and oxygen atoms in total. The van der Waals surface area contributed by atoms with Crippen LogP contribution in [0.5, 0.6) is 0 Å². The summed E-state index contributed by atoms with van der Waals surface area (Å²) in [5.74, 6) is 0. The normalized spacial score (nSPS) is 16.5. The number of rotatable bonds is 2. The first-order valence-corrected chi connectivity index (χ1v) is 6.60. The summed E-state index contributed by atoms with van der Waals surface area (Å²) in [5.41, 5.74) is 10.2. The average Bonchev–Trinajstić information content (AvgIpc) is 2.83. The maximum absolute atomic E-state index is 5.90. The zero-order valence-corrected chi connectivity index (χ0v) is 10.8. The zero-order chi connectivity index (χ0) is 12.5. The summed E-state index contributed by atoms with van der Waals surface area (Å²) in [6, 6.07) is 8.19. The number of aryl methyl sites for hydroxylation is 1. The Morgan fingerprint density at radius 2 is 2.00 bits per heavy atom. The first-order chi connectivity index (χ1) is 8.72. The molecule has 1 fully saturated rings. The molecule has 1 aliphatic heterocycles. The van der Waals surface area contributed by atoms with Crippen LogP contribution in [0, 0.1) is 6.92 Å². The van der Waals surface area contributed by atoms with Gasteiger partial charge in [0, 0.05) is 23.3 Å². The third-order valence-electron chi connectivity index (χ3n) is 3.64. The van der Waals surface area contributed by atoms with E-state index >= 15 is 0 Å². The predicted molar refractivity (Wildman–Crippen MR) is 75.4 cm³/mol. The minimum absolute atomic E-state index is 0.816. The van der Waals surface area contributed by atoms with Crippen molar-refractivity contribution in [3.05, 3.63) is 35.5 Å². The Bertz CT molecular complexity index is 571. The Labute approximate surface area is 108 Å². The van der Waals surface area contributed by atoms with Gasteiger partial charge in [0.2, 0.25) is 0 Å². The molecule has 3 heteroatoms. The van der Waals surface area contributed by atoms with E-state index < -0.39 is 0 Å². The van der Waals surface area contributed by atoms with Crippen molar-refractivity contribution in [2.24, 2.45) is 0 Å². The Balaban J connectivity index is 2.05. The molecule has 1 aromatic carbocycles. The fraction of sp³-hybridized carbons (Fsp3) is 0.400. The first-order valence-electron chi connectivity index (χ1n) is 6.60. The second-order valence-corrected chi connectivity index (χ2v) is 5.18. The lowest BCUT2D eigenvalue weighted by Gasteiger charge is -2.16. The molecule has 0 amide bonds. The summed E-state index contributed by atoms with van der Waals surface area (Å²) in [6.45, 7) is 5.50. The number of hydrogen-bond donors (Lipinski definition) is 1. The molecule has 0 atom stereocenters. The average molecular weight is 241 g/mol. The standard InChI is InChI=1S/C15H19N3/c1-11-8-12(10-18-6-2-3-7-18)14-9-13(16)4-5-15(14)17-11/h4-5,8-9H,2-3,6-7,10,16H2,1H3. The number of likely N-dealkylation sites (tertiary alicyclic amines) is 1. The van der Waals surface area contributed by atoms with Gasteiger partial charge >= 0.3 is 0 Å². The highest BCUT2D eigenvalue weighted by Gasteiger charge is 2.14. The number of aromatic nitrogens is 1. The molecule has 0 unspecified atom stereocenters. The van der Waals surface area contributed by atoms with Crippen LogP contribution < -0.4 is 5.73 Å². The molecule has 0 bridgehead atoms. The van der Waals surface area contributed by atoms with Gasteiger partial charge in [0.15, 0.2) is 0 Å². The molecule has 2 aromatic rings. The van der Waals surface area contributed by atoms with Gasteiger partial charge in [0.05, 0.1) is 5.52 Å². The van der Waals surface area contributed by atoms with Crippen molar-refractivity contribution in [3.63, 3.8) is 0 Å². The molecular weight excluding hydrogens is 222 g/mol. The number of benzene rings is 1. The number of nitrogens with zero attached hydrogens (tertiary/aromatic N) is 2. The minimum atomic E-state index is 0.816. The lowest BCUT2D eigenvalue weighted by Crippen LogP contribution is -2.18. The van der Waals surface area contributed by atoms with Gasteiger partial charge in [0.25, 0.3) is 0 Å². The van der Waals surface area contributed by atoms with Crippen LogP contribution >= 0.6 is 0 Å². The summed E-state index contributed by atoms with van der Waals surface area (Å²) in [4.78, 5) is 7.09. The number of hydrogen-bond acceptors (Lipinski definition) is 3. The van der Waals surface area contributed by atoms with E-state index in [2.05, 4.69) is 22.9 Å². The lowest BCUT2D eigenvalue weighted by atomic mass is 10.1. The molecule has 1 aliphatic rings. The van der Waals surface area contributed by atoms with Gasteiger partial charge in [-0.2, -0.15) is 0 Å². The fourth-order valence-electron chi connectivity index (χ4n) is 2.77. The third-order valence-corrected chi connectivity index (χ3v) is 3.64. The van der Waals surface area contributed by atoms with Gasteiger partial charge in [-0.3, -0.25) is 9.88 Å². The van der Waals surface area contributed by atoms with E-state index in [0.717, 1.165) is 23.4 Å². The van der Waals surface area contributed by atoms with Crippen LogP contribution in [-0.4, -0.2) is 23.0 Å². The number of nitrogens with two attached hydrogens (primary N) is 1. The number of anilines is 1. The highest BCUT2D eigenvalue weighted by Crippen LogP contribution is 2.23. The SMILES string of the molecule is Cc1cc(CN2CCCC2)c2cc(N)ccc2n1. The predicted octanol–water partition coefficient (Wildman–Crippen LogP) is 2.72. The molecular formula is C15H19N3. The van der Waals surface area contributed by atoms with E-state index in [1.807, 2.05) is 18.2 Å². The molecule has 1 aromatic heterocycles. The van der Waals surface area contributed by atoms with Gasteiger partial charge in [-0.15, -0.1) is 0 Å². The van der Waals surface area contributed by atoms with Crippen LogP contribution in [0.4, 0.5) is 5.69 Å². The monoisotopic (exact) mass is 241 g/mol. The van der Waals surface area contributed by atoms with E-state index in [9.17, 15) is 0 Å². The summed E-state index contributed by atoms with van der Waals surface area (Å²) in [7, 11) is 0. The van der Waals surface area contributed by atoms with E-state index in [4.69, 9.17) is 5.73 Å². The summed E-state index contributed by atoms with van der Waals surface area (Å²) in [6.07, 6.45) is 2.65. The highest BCUT2D eigenvalue weighted by molar-refractivity contribution is 5.85. The Hall–Kier alpha value is -1.61. The first kappa shape index (κ1) is 11.5. The summed E-state index contributed by atoms with van der Waals surface area (Å²) in [5, 5.41) is 1.20. The van der Waals surface area contributed by atoms with Crippen molar-refractivity contribution in [3.8, 4) is 0 Å². The quantitative estimate of drug-likeness (QED) is 0.822. The van der Waals surface area contributed by atoms with E-state index in [1.54, 1.807) is 0 Å². The summed E-state index contributed by atoms with van der Waals surface area (Å²) < 4.78 is 0. The van der Waals surface area contributed by atoms with Gasteiger partial charge in [-0.1, -0.05) is 0 Å². The van der Waals surface area contributed by atoms with Crippen LogP contribution in [0.1, 0.15) is 24.1 Å². The second-order valence-electron chi connectivity index (χ2n) is 5.18. The van der Waals surface area contributed by atoms with Crippen LogP contribution in [0.3, 0.4) is 0 Å². The van der Waals surface area contributed by atoms with Crippen LogP contribution in [0.15, 0.2) is 24.3 Å². The maximum Gasteiger partial charge on any atom is 0.0709 e. The van der Waals surface area contributed by atoms with Crippen molar-refractivity contribution in [2.75, 3.05) is 18.8 Å². The Morgan fingerprint density at radius 1 is 1.22 bits per heavy atom. The van der Waals surface area contributed by atoms with Crippen molar-refractivity contribution >= 4 is 16.6 Å². The fourth-order valence-corrected chi connectivity index (χ4v) is 2.77. The molecule has 3 rings (SSSR count). The molecule has 0 saturated carbocycles. The number of pyridine rings is 1. The Kier molecular flexibility index (Phi) is 2.92. The highest BCUT2D eigenvalue weighted by atomic mass is 15.1. The van der Waals surface area contributed by atoms with Gasteiger partial charge < -0.3 is 5.73 Å². The molecule has 2 heterocycles. The van der Waals surface area contributed by atoms with Crippen molar-refractivity contribution in [1.29, 1.82) is 0 Å². The second kappa shape index (κ2) is 4.58. The van der Waals surface area contributed by atoms with E-state index in [1.165, 1.54) is 36.9 Å².